The van der Waals surface area contributed by atoms with Gasteiger partial charge >= 0.3 is 5.97 Å². The van der Waals surface area contributed by atoms with Gasteiger partial charge in [-0.15, -0.1) is 0 Å². The molecule has 0 saturated heterocycles. The van der Waals surface area contributed by atoms with Gasteiger partial charge in [0, 0.05) is 13.0 Å². The summed E-state index contributed by atoms with van der Waals surface area (Å²) in [5.41, 5.74) is 0. The van der Waals surface area contributed by atoms with Crippen LogP contribution in [0.4, 0.5) is 0 Å². The minimum absolute atomic E-state index is 0.0216. The van der Waals surface area contributed by atoms with Crippen molar-refractivity contribution in [3.05, 3.63) is 48.6 Å². The molecule has 0 aliphatic heterocycles. The Morgan fingerprint density at radius 3 is 1.44 bits per heavy atom. The van der Waals surface area contributed by atoms with Crippen LogP contribution in [0.3, 0.4) is 0 Å². The summed E-state index contributed by atoms with van der Waals surface area (Å²) in [5, 5.41) is 0. The van der Waals surface area contributed by atoms with Crippen LogP contribution in [0, 0.1) is 0 Å². The fourth-order valence-electron chi connectivity index (χ4n) is 6.55. The average Bonchev–Trinajstić information content (AvgIpc) is 3.19. The van der Waals surface area contributed by atoms with Gasteiger partial charge in [-0.05, 0) is 77.0 Å². The Morgan fingerprint density at radius 1 is 0.525 bits per heavy atom. The van der Waals surface area contributed by atoms with Crippen molar-refractivity contribution in [2.24, 2.45) is 0 Å². The third-order valence-electron chi connectivity index (χ3n) is 10.4. The monoisotopic (exact) mass is 852 g/mol. The summed E-state index contributed by atoms with van der Waals surface area (Å²) in [6.07, 6.45) is 52.6. The van der Waals surface area contributed by atoms with Crippen LogP contribution in [0.2, 0.25) is 0 Å². The standard InChI is InChI=1S/C50H94NO7P/c1-6-8-10-12-14-16-18-20-22-24-26-27-29-31-33-35-37-39-41-43-50(52)58-49(48-57-59(53,54)56-46-44-51(3,4)5)47-55-45-42-40-38-36-34-32-30-28-25-23-21-19-17-15-13-11-9-7-2/h14,16,20-23,26-27,49H,6-13,15,17-19,24-25,28-48H2,1-5H3/b16-14-,22-20-,23-21-,27-26-. The van der Waals surface area contributed by atoms with Crippen LogP contribution < -0.4 is 4.89 Å². The van der Waals surface area contributed by atoms with E-state index in [4.69, 9.17) is 18.5 Å². The fraction of sp³-hybridized carbons (Fsp3) is 0.820. The molecule has 9 heteroatoms. The molecule has 0 aromatic carbocycles. The Balaban J connectivity index is 4.21. The normalized spacial score (nSPS) is 14.1. The Labute approximate surface area is 365 Å². The van der Waals surface area contributed by atoms with E-state index < -0.39 is 13.9 Å². The lowest BCUT2D eigenvalue weighted by molar-refractivity contribution is -0.870. The maximum atomic E-state index is 12.7. The first-order valence-corrected chi connectivity index (χ1v) is 25.8. The molecule has 2 unspecified atom stereocenters. The molecule has 0 aliphatic carbocycles. The molecule has 0 radical (unpaired) electrons. The topological polar surface area (TPSA) is 94.1 Å². The maximum Gasteiger partial charge on any atom is 0.306 e. The molecule has 0 aromatic heterocycles. The molecule has 0 fully saturated rings. The zero-order chi connectivity index (χ0) is 43.4. The lowest BCUT2D eigenvalue weighted by Gasteiger charge is -2.28. The highest BCUT2D eigenvalue weighted by atomic mass is 31.2. The highest BCUT2D eigenvalue weighted by Gasteiger charge is 2.20. The summed E-state index contributed by atoms with van der Waals surface area (Å²) in [6, 6.07) is 0. The largest absolute Gasteiger partial charge is 0.756 e. The lowest BCUT2D eigenvalue weighted by atomic mass is 10.1. The number of allylic oxidation sites excluding steroid dienone is 8. The van der Waals surface area contributed by atoms with Gasteiger partial charge in [0.05, 0.1) is 34.4 Å². The van der Waals surface area contributed by atoms with E-state index >= 15 is 0 Å². The summed E-state index contributed by atoms with van der Waals surface area (Å²) >= 11 is 0. The predicted molar refractivity (Wildman–Crippen MR) is 250 cm³/mol. The Hall–Kier alpha value is -1.54. The van der Waals surface area contributed by atoms with Crippen molar-refractivity contribution in [1.29, 1.82) is 0 Å². The van der Waals surface area contributed by atoms with Crippen molar-refractivity contribution in [3.63, 3.8) is 0 Å². The van der Waals surface area contributed by atoms with Gasteiger partial charge in [0.15, 0.2) is 0 Å². The first kappa shape index (κ1) is 57.5. The first-order valence-electron chi connectivity index (χ1n) is 24.4. The smallest absolute Gasteiger partial charge is 0.306 e. The minimum atomic E-state index is -4.53. The predicted octanol–water partition coefficient (Wildman–Crippen LogP) is 14.1. The number of carbonyl (C=O) groups excluding carboxylic acids is 1. The number of phosphoric acid groups is 1. The van der Waals surface area contributed by atoms with Gasteiger partial charge in [-0.25, -0.2) is 0 Å². The second kappa shape index (κ2) is 43.1. The molecule has 0 aliphatic rings. The molecule has 0 bridgehead atoms. The van der Waals surface area contributed by atoms with Gasteiger partial charge in [0.25, 0.3) is 7.82 Å². The van der Waals surface area contributed by atoms with Crippen molar-refractivity contribution in [2.75, 3.05) is 54.1 Å². The number of unbranched alkanes of at least 4 members (excludes halogenated alkanes) is 23. The van der Waals surface area contributed by atoms with Crippen molar-refractivity contribution in [2.45, 2.75) is 213 Å². The zero-order valence-electron chi connectivity index (χ0n) is 39.2. The van der Waals surface area contributed by atoms with Crippen molar-refractivity contribution < 1.29 is 37.3 Å². The van der Waals surface area contributed by atoms with Crippen LogP contribution in [0.1, 0.15) is 206 Å². The molecule has 0 aromatic rings. The van der Waals surface area contributed by atoms with Crippen LogP contribution in [0.5, 0.6) is 0 Å². The molecule has 0 N–H and O–H groups in total. The molecule has 8 nitrogen and oxygen atoms in total. The van der Waals surface area contributed by atoms with E-state index in [-0.39, 0.29) is 25.8 Å². The molecule has 346 valence electrons. The lowest BCUT2D eigenvalue weighted by Crippen LogP contribution is -2.37. The van der Waals surface area contributed by atoms with Gasteiger partial charge < -0.3 is 27.9 Å². The summed E-state index contributed by atoms with van der Waals surface area (Å²) in [5.74, 6) is -0.347. The number of hydrogen-bond acceptors (Lipinski definition) is 7. The molecule has 0 amide bonds. The van der Waals surface area contributed by atoms with Crippen LogP contribution in [-0.4, -0.2) is 70.7 Å². The number of carbonyl (C=O) groups is 1. The van der Waals surface area contributed by atoms with Gasteiger partial charge in [-0.2, -0.15) is 0 Å². The number of rotatable bonds is 45. The molecule has 0 saturated carbocycles. The van der Waals surface area contributed by atoms with Gasteiger partial charge in [-0.1, -0.05) is 172 Å². The number of ether oxygens (including phenoxy) is 2. The molecule has 0 heterocycles. The van der Waals surface area contributed by atoms with Crippen LogP contribution in [0.15, 0.2) is 48.6 Å². The fourth-order valence-corrected chi connectivity index (χ4v) is 7.28. The highest BCUT2D eigenvalue weighted by molar-refractivity contribution is 7.45. The van der Waals surface area contributed by atoms with E-state index in [1.165, 1.54) is 128 Å². The number of quaternary nitrogens is 1. The van der Waals surface area contributed by atoms with Crippen molar-refractivity contribution >= 4 is 13.8 Å². The Kier molecular flexibility index (Phi) is 42.0. The minimum Gasteiger partial charge on any atom is -0.756 e. The van der Waals surface area contributed by atoms with Gasteiger partial charge in [0.2, 0.25) is 0 Å². The molecular weight excluding hydrogens is 758 g/mol. The summed E-state index contributed by atoms with van der Waals surface area (Å²) < 4.78 is 34.7. The molecule has 2 atom stereocenters. The third kappa shape index (κ3) is 47.4. The van der Waals surface area contributed by atoms with E-state index in [0.717, 1.165) is 57.8 Å². The molecular formula is C50H94NO7P. The zero-order valence-corrected chi connectivity index (χ0v) is 40.1. The molecule has 0 rings (SSSR count). The van der Waals surface area contributed by atoms with E-state index in [2.05, 4.69) is 62.5 Å². The van der Waals surface area contributed by atoms with Crippen LogP contribution >= 0.6 is 7.82 Å². The number of nitrogens with zero attached hydrogens (tertiary/aromatic N) is 1. The molecule has 0 spiro atoms. The Bertz CT molecular complexity index is 1080. The van der Waals surface area contributed by atoms with Gasteiger partial charge in [0.1, 0.15) is 19.3 Å². The number of phosphoric ester groups is 1. The van der Waals surface area contributed by atoms with E-state index in [9.17, 15) is 14.3 Å². The average molecular weight is 852 g/mol. The molecule has 59 heavy (non-hydrogen) atoms. The van der Waals surface area contributed by atoms with E-state index in [1.807, 2.05) is 21.1 Å². The summed E-state index contributed by atoms with van der Waals surface area (Å²) in [6.45, 7) is 5.37. The SMILES string of the molecule is CCCCC/C=C\C/C=C\C/C=C\CCCCCCCCC(=O)OC(COCCCCCCCCCC/C=C\CCCCCCCC)COP(=O)([O-])OCC[N+](C)(C)C. The van der Waals surface area contributed by atoms with E-state index in [1.54, 1.807) is 0 Å². The van der Waals surface area contributed by atoms with Crippen molar-refractivity contribution in [1.82, 2.24) is 0 Å². The number of esters is 1. The van der Waals surface area contributed by atoms with Crippen molar-refractivity contribution in [3.8, 4) is 0 Å². The van der Waals surface area contributed by atoms with Crippen LogP contribution in [-0.2, 0) is 27.9 Å². The summed E-state index contributed by atoms with van der Waals surface area (Å²) in [4.78, 5) is 25.1. The Morgan fingerprint density at radius 2 is 0.932 bits per heavy atom. The number of hydrogen-bond donors (Lipinski definition) is 0. The second-order valence-corrected chi connectivity index (χ2v) is 18.9. The maximum absolute atomic E-state index is 12.7. The quantitative estimate of drug-likeness (QED) is 0.0198. The third-order valence-corrected chi connectivity index (χ3v) is 11.3. The van der Waals surface area contributed by atoms with E-state index in [0.29, 0.717) is 24.1 Å². The second-order valence-electron chi connectivity index (χ2n) is 17.5. The first-order chi connectivity index (χ1) is 28.6. The van der Waals surface area contributed by atoms with Gasteiger partial charge in [-0.3, -0.25) is 9.36 Å². The summed E-state index contributed by atoms with van der Waals surface area (Å²) in [7, 11) is 1.34. The number of likely N-dealkylation sites (N-methyl/N-ethyl adjacent to an activating group) is 1. The van der Waals surface area contributed by atoms with Crippen LogP contribution in [0.25, 0.3) is 0 Å². The highest BCUT2D eigenvalue weighted by Crippen LogP contribution is 2.38.